The number of carbonyl (C=O) groups excluding carboxylic acids is 2. The minimum absolute atomic E-state index is 0.147. The molecule has 0 spiro atoms. The lowest BCUT2D eigenvalue weighted by Gasteiger charge is -2.25. The van der Waals surface area contributed by atoms with Crippen molar-refractivity contribution in [2.75, 3.05) is 13.7 Å². The number of rotatable bonds is 4. The molecule has 0 aromatic heterocycles. The zero-order valence-corrected chi connectivity index (χ0v) is 11.3. The van der Waals surface area contributed by atoms with Crippen molar-refractivity contribution in [1.29, 1.82) is 0 Å². The van der Waals surface area contributed by atoms with E-state index in [1.807, 2.05) is 24.3 Å². The zero-order chi connectivity index (χ0) is 14.5. The number of methoxy groups -OCH3 is 1. The maximum atomic E-state index is 12.0. The van der Waals surface area contributed by atoms with Crippen molar-refractivity contribution >= 4 is 11.9 Å². The van der Waals surface area contributed by atoms with Crippen molar-refractivity contribution in [1.82, 2.24) is 10.6 Å². The van der Waals surface area contributed by atoms with Crippen LogP contribution in [0.5, 0.6) is 0 Å². The lowest BCUT2D eigenvalue weighted by molar-refractivity contribution is -0.150. The smallest absolute Gasteiger partial charge is 0.336 e. The molecule has 1 aliphatic heterocycles. The van der Waals surface area contributed by atoms with Crippen LogP contribution < -0.4 is 10.6 Å². The third kappa shape index (κ3) is 3.34. The fraction of sp³-hybridized carbons (Fsp3) is 0.429. The summed E-state index contributed by atoms with van der Waals surface area (Å²) in [6, 6.07) is 7.58. The van der Waals surface area contributed by atoms with Gasteiger partial charge in [-0.1, -0.05) is 24.3 Å². The summed E-state index contributed by atoms with van der Waals surface area (Å²) >= 11 is 0. The molecule has 6 nitrogen and oxygen atoms in total. The van der Waals surface area contributed by atoms with Crippen LogP contribution >= 0.6 is 0 Å². The number of hydrogen-bond acceptors (Lipinski definition) is 5. The molecule has 6 heteroatoms. The van der Waals surface area contributed by atoms with Crippen molar-refractivity contribution in [3.8, 4) is 0 Å². The van der Waals surface area contributed by atoms with Gasteiger partial charge in [-0.2, -0.15) is 0 Å². The molecule has 0 bridgehead atoms. The first-order valence-electron chi connectivity index (χ1n) is 6.45. The summed E-state index contributed by atoms with van der Waals surface area (Å²) in [6.45, 7) is 0.485. The Bertz CT molecular complexity index is 504. The predicted octanol–water partition coefficient (Wildman–Crippen LogP) is -0.649. The van der Waals surface area contributed by atoms with Gasteiger partial charge in [-0.25, -0.2) is 4.79 Å². The first kappa shape index (κ1) is 14.5. The van der Waals surface area contributed by atoms with E-state index in [4.69, 9.17) is 0 Å². The number of aliphatic hydroxyl groups excluding tert-OH is 1. The van der Waals surface area contributed by atoms with Gasteiger partial charge >= 0.3 is 5.97 Å². The molecule has 1 aromatic carbocycles. The molecule has 0 radical (unpaired) electrons. The average molecular weight is 278 g/mol. The van der Waals surface area contributed by atoms with E-state index >= 15 is 0 Å². The minimum atomic E-state index is -1.33. The number of hydrogen-bond donors (Lipinski definition) is 3. The Morgan fingerprint density at radius 1 is 1.45 bits per heavy atom. The van der Waals surface area contributed by atoms with Crippen LogP contribution in [0.1, 0.15) is 11.1 Å². The van der Waals surface area contributed by atoms with E-state index in [0.29, 0.717) is 13.0 Å². The number of ether oxygens (including phenoxy) is 1. The first-order valence-corrected chi connectivity index (χ1v) is 6.45. The second-order valence-corrected chi connectivity index (χ2v) is 4.69. The molecule has 1 unspecified atom stereocenters. The topological polar surface area (TPSA) is 87.7 Å². The van der Waals surface area contributed by atoms with E-state index in [0.717, 1.165) is 5.56 Å². The fourth-order valence-corrected chi connectivity index (χ4v) is 2.18. The Morgan fingerprint density at radius 3 is 2.85 bits per heavy atom. The Hall–Kier alpha value is -1.92. The molecule has 108 valence electrons. The van der Waals surface area contributed by atoms with Crippen molar-refractivity contribution in [3.05, 3.63) is 35.4 Å². The van der Waals surface area contributed by atoms with Crippen LogP contribution in [0.25, 0.3) is 0 Å². The van der Waals surface area contributed by atoms with Crippen LogP contribution in [0.4, 0.5) is 0 Å². The van der Waals surface area contributed by atoms with Gasteiger partial charge in [-0.3, -0.25) is 4.79 Å². The Morgan fingerprint density at radius 2 is 2.15 bits per heavy atom. The quantitative estimate of drug-likeness (QED) is 0.637. The van der Waals surface area contributed by atoms with Crippen LogP contribution in [-0.4, -0.2) is 42.8 Å². The molecule has 1 aromatic rings. The molecule has 20 heavy (non-hydrogen) atoms. The summed E-state index contributed by atoms with van der Waals surface area (Å²) in [6.07, 6.45) is -0.740. The molecule has 3 N–H and O–H groups in total. The van der Waals surface area contributed by atoms with Gasteiger partial charge in [0.2, 0.25) is 5.91 Å². The SMILES string of the molecule is COC(=O)C(O)CNC(=O)[C@H]1Cc2ccccc2CN1. The molecule has 0 fully saturated rings. The summed E-state index contributed by atoms with van der Waals surface area (Å²) in [7, 11) is 1.19. The Balaban J connectivity index is 1.87. The monoisotopic (exact) mass is 278 g/mol. The highest BCUT2D eigenvalue weighted by Crippen LogP contribution is 2.16. The second-order valence-electron chi connectivity index (χ2n) is 4.69. The van der Waals surface area contributed by atoms with Gasteiger partial charge in [0, 0.05) is 6.54 Å². The van der Waals surface area contributed by atoms with Crippen LogP contribution in [0.15, 0.2) is 24.3 Å². The van der Waals surface area contributed by atoms with Crippen molar-refractivity contribution in [2.45, 2.75) is 25.1 Å². The molecule has 1 amide bonds. The number of esters is 1. The maximum Gasteiger partial charge on any atom is 0.336 e. The van der Waals surface area contributed by atoms with E-state index in [1.165, 1.54) is 12.7 Å². The molecule has 1 heterocycles. The number of nitrogens with one attached hydrogen (secondary N) is 2. The molecular weight excluding hydrogens is 260 g/mol. The molecule has 0 saturated carbocycles. The number of amides is 1. The predicted molar refractivity (Wildman–Crippen MR) is 71.8 cm³/mol. The van der Waals surface area contributed by atoms with Crippen molar-refractivity contribution < 1.29 is 19.4 Å². The first-order chi connectivity index (χ1) is 9.61. The molecular formula is C14H18N2O4. The highest BCUT2D eigenvalue weighted by atomic mass is 16.5. The van der Waals surface area contributed by atoms with Crippen LogP contribution in [0, 0.1) is 0 Å². The van der Waals surface area contributed by atoms with E-state index in [9.17, 15) is 14.7 Å². The Labute approximate surface area is 117 Å². The van der Waals surface area contributed by atoms with Gasteiger partial charge in [0.1, 0.15) is 0 Å². The standard InChI is InChI=1S/C14H18N2O4/c1-20-14(19)12(17)8-16-13(18)11-6-9-4-2-3-5-10(9)7-15-11/h2-5,11-12,15,17H,6-8H2,1H3,(H,16,18)/t11-,12?/m1/s1. The summed E-state index contributed by atoms with van der Waals surface area (Å²) in [5, 5.41) is 15.1. The van der Waals surface area contributed by atoms with Gasteiger partial charge in [0.15, 0.2) is 6.10 Å². The summed E-state index contributed by atoms with van der Waals surface area (Å²) < 4.78 is 4.38. The van der Waals surface area contributed by atoms with E-state index < -0.39 is 12.1 Å². The molecule has 1 aliphatic rings. The van der Waals surface area contributed by atoms with Crippen molar-refractivity contribution in [2.24, 2.45) is 0 Å². The van der Waals surface area contributed by atoms with E-state index in [2.05, 4.69) is 15.4 Å². The van der Waals surface area contributed by atoms with Crippen LogP contribution in [-0.2, 0) is 27.3 Å². The lowest BCUT2D eigenvalue weighted by Crippen LogP contribution is -2.49. The molecule has 0 aliphatic carbocycles. The van der Waals surface area contributed by atoms with Crippen LogP contribution in [0.3, 0.4) is 0 Å². The van der Waals surface area contributed by atoms with Gasteiger partial charge < -0.3 is 20.5 Å². The Kier molecular flexibility index (Phi) is 4.70. The second kappa shape index (κ2) is 6.49. The highest BCUT2D eigenvalue weighted by Gasteiger charge is 2.25. The minimum Gasteiger partial charge on any atom is -0.467 e. The highest BCUT2D eigenvalue weighted by molar-refractivity contribution is 5.83. The average Bonchev–Trinajstić information content (AvgIpc) is 2.50. The summed E-state index contributed by atoms with van der Waals surface area (Å²) in [5.41, 5.74) is 2.33. The van der Waals surface area contributed by atoms with Gasteiger partial charge in [0.25, 0.3) is 0 Å². The third-order valence-corrected chi connectivity index (χ3v) is 3.34. The number of benzene rings is 1. The molecule has 2 atom stereocenters. The maximum absolute atomic E-state index is 12.0. The van der Waals surface area contributed by atoms with Gasteiger partial charge in [-0.05, 0) is 17.5 Å². The lowest BCUT2D eigenvalue weighted by atomic mass is 9.95. The van der Waals surface area contributed by atoms with Gasteiger partial charge in [-0.15, -0.1) is 0 Å². The van der Waals surface area contributed by atoms with Crippen molar-refractivity contribution in [3.63, 3.8) is 0 Å². The number of carbonyl (C=O) groups is 2. The fourth-order valence-electron chi connectivity index (χ4n) is 2.18. The van der Waals surface area contributed by atoms with Gasteiger partial charge in [0.05, 0.1) is 19.7 Å². The zero-order valence-electron chi connectivity index (χ0n) is 11.3. The normalized spacial score (nSPS) is 18.8. The number of aliphatic hydroxyl groups is 1. The summed E-state index contributed by atoms with van der Waals surface area (Å²) in [4.78, 5) is 23.0. The molecule has 2 rings (SSSR count). The number of fused-ring (bicyclic) bond motifs is 1. The largest absolute Gasteiger partial charge is 0.467 e. The third-order valence-electron chi connectivity index (χ3n) is 3.34. The van der Waals surface area contributed by atoms with E-state index in [-0.39, 0.29) is 18.5 Å². The van der Waals surface area contributed by atoms with E-state index in [1.54, 1.807) is 0 Å². The molecule has 0 saturated heterocycles. The summed E-state index contributed by atoms with van der Waals surface area (Å²) in [5.74, 6) is -0.991. The van der Waals surface area contributed by atoms with Crippen LogP contribution in [0.2, 0.25) is 0 Å².